The van der Waals surface area contributed by atoms with E-state index >= 15 is 0 Å². The van der Waals surface area contributed by atoms with Crippen LogP contribution in [-0.4, -0.2) is 48.7 Å². The van der Waals surface area contributed by atoms with Gasteiger partial charge in [0.2, 0.25) is 5.91 Å². The molecule has 2 N–H and O–H groups in total. The average molecular weight is 319 g/mol. The molecular weight excluding hydrogens is 294 g/mol. The maximum Gasteiger partial charge on any atom is 0.321 e. The zero-order valence-electron chi connectivity index (χ0n) is 13.9. The van der Waals surface area contributed by atoms with E-state index in [1.807, 2.05) is 51.1 Å². The topological polar surface area (TPSA) is 70.7 Å². The molecule has 6 nitrogen and oxygen atoms in total. The maximum absolute atomic E-state index is 12.7. The molecule has 1 aromatic carbocycles. The molecule has 0 aromatic heterocycles. The van der Waals surface area contributed by atoms with Gasteiger partial charge in [-0.1, -0.05) is 30.3 Å². The molecule has 126 valence electrons. The highest BCUT2D eigenvalue weighted by Gasteiger charge is 2.33. The summed E-state index contributed by atoms with van der Waals surface area (Å²) in [5.41, 5.74) is 0.871. The molecule has 1 fully saturated rings. The van der Waals surface area contributed by atoms with Gasteiger partial charge in [0.25, 0.3) is 0 Å². The average Bonchev–Trinajstić information content (AvgIpc) is 2.47. The highest BCUT2D eigenvalue weighted by Crippen LogP contribution is 2.25. The third-order valence-electron chi connectivity index (χ3n) is 3.75. The van der Waals surface area contributed by atoms with Gasteiger partial charge in [-0.05, 0) is 26.3 Å². The second-order valence-corrected chi connectivity index (χ2v) is 5.87. The number of imide groups is 1. The van der Waals surface area contributed by atoms with Crippen LogP contribution < -0.4 is 10.6 Å². The monoisotopic (exact) mass is 319 g/mol. The summed E-state index contributed by atoms with van der Waals surface area (Å²) in [5, 5.41) is 5.02. The Morgan fingerprint density at radius 2 is 1.83 bits per heavy atom. The Morgan fingerprint density at radius 3 is 2.39 bits per heavy atom. The summed E-state index contributed by atoms with van der Waals surface area (Å²) < 4.78 is 5.75. The van der Waals surface area contributed by atoms with Gasteiger partial charge in [0.1, 0.15) is 6.04 Å². The molecule has 0 radical (unpaired) electrons. The van der Waals surface area contributed by atoms with Crippen LogP contribution in [0.25, 0.3) is 0 Å². The van der Waals surface area contributed by atoms with Gasteiger partial charge in [-0.3, -0.25) is 15.0 Å². The lowest BCUT2D eigenvalue weighted by molar-refractivity contribution is -0.132. The van der Waals surface area contributed by atoms with Gasteiger partial charge in [0.15, 0.2) is 0 Å². The number of morpholine rings is 1. The molecule has 6 heteroatoms. The van der Waals surface area contributed by atoms with Gasteiger partial charge in [0.05, 0.1) is 12.2 Å². The van der Waals surface area contributed by atoms with E-state index in [1.165, 1.54) is 0 Å². The van der Waals surface area contributed by atoms with E-state index in [1.54, 1.807) is 0 Å². The Bertz CT molecular complexity index is 525. The minimum atomic E-state index is -0.507. The molecule has 0 spiro atoms. The van der Waals surface area contributed by atoms with Crippen molar-refractivity contribution in [3.8, 4) is 0 Å². The number of rotatable bonds is 4. The quantitative estimate of drug-likeness (QED) is 0.886. The predicted molar refractivity (Wildman–Crippen MR) is 88.0 cm³/mol. The molecule has 2 rings (SSSR count). The first-order chi connectivity index (χ1) is 11.0. The van der Waals surface area contributed by atoms with Crippen molar-refractivity contribution in [2.24, 2.45) is 0 Å². The number of amides is 3. The van der Waals surface area contributed by atoms with Crippen LogP contribution in [0.5, 0.6) is 0 Å². The lowest BCUT2D eigenvalue weighted by Crippen LogP contribution is -2.52. The number of urea groups is 1. The number of hydrogen-bond acceptors (Lipinski definition) is 4. The number of carbonyl (C=O) groups excluding carboxylic acids is 2. The fourth-order valence-corrected chi connectivity index (χ4v) is 2.98. The Kier molecular flexibility index (Phi) is 6.12. The zero-order valence-corrected chi connectivity index (χ0v) is 13.9. The van der Waals surface area contributed by atoms with Crippen molar-refractivity contribution in [1.29, 1.82) is 0 Å². The summed E-state index contributed by atoms with van der Waals surface area (Å²) in [6.45, 7) is 7.56. The first-order valence-corrected chi connectivity index (χ1v) is 8.04. The van der Waals surface area contributed by atoms with Crippen LogP contribution in [0, 0.1) is 0 Å². The molecule has 1 aliphatic rings. The maximum atomic E-state index is 12.7. The third-order valence-corrected chi connectivity index (χ3v) is 3.75. The molecule has 1 aliphatic heterocycles. The number of benzene rings is 1. The molecule has 1 saturated heterocycles. The minimum absolute atomic E-state index is 0.0437. The summed E-state index contributed by atoms with van der Waals surface area (Å²) in [6.07, 6.45) is 0.0875. The van der Waals surface area contributed by atoms with Crippen molar-refractivity contribution < 1.29 is 14.3 Å². The summed E-state index contributed by atoms with van der Waals surface area (Å²) in [6, 6.07) is 8.55. The second-order valence-electron chi connectivity index (χ2n) is 5.87. The lowest BCUT2D eigenvalue weighted by Gasteiger charge is -2.39. The highest BCUT2D eigenvalue weighted by atomic mass is 16.5. The van der Waals surface area contributed by atoms with Crippen molar-refractivity contribution in [2.75, 3.05) is 19.6 Å². The SMILES string of the molecule is CCNC(=O)NC(=O)[C@@H](c1ccccc1)N1C[C@@H](C)O[C@@H](C)C1. The largest absolute Gasteiger partial charge is 0.373 e. The van der Waals surface area contributed by atoms with Gasteiger partial charge in [-0.25, -0.2) is 4.79 Å². The van der Waals surface area contributed by atoms with E-state index in [0.29, 0.717) is 19.6 Å². The van der Waals surface area contributed by atoms with Gasteiger partial charge >= 0.3 is 6.03 Å². The molecule has 3 atom stereocenters. The van der Waals surface area contributed by atoms with Gasteiger partial charge < -0.3 is 10.1 Å². The van der Waals surface area contributed by atoms with E-state index < -0.39 is 12.1 Å². The molecule has 1 aromatic rings. The van der Waals surface area contributed by atoms with Crippen LogP contribution in [0.15, 0.2) is 30.3 Å². The van der Waals surface area contributed by atoms with Crippen LogP contribution >= 0.6 is 0 Å². The Hall–Kier alpha value is -1.92. The van der Waals surface area contributed by atoms with Crippen LogP contribution in [0.1, 0.15) is 32.4 Å². The lowest BCUT2D eigenvalue weighted by atomic mass is 10.0. The van der Waals surface area contributed by atoms with Crippen LogP contribution in [0.3, 0.4) is 0 Å². The fraction of sp³-hybridized carbons (Fsp3) is 0.529. The second kappa shape index (κ2) is 8.08. The first kappa shape index (κ1) is 17.4. The minimum Gasteiger partial charge on any atom is -0.373 e. The van der Waals surface area contributed by atoms with Gasteiger partial charge in [0, 0.05) is 19.6 Å². The fourth-order valence-electron chi connectivity index (χ4n) is 2.98. The summed E-state index contributed by atoms with van der Waals surface area (Å²) in [5.74, 6) is -0.316. The third kappa shape index (κ3) is 4.77. The Balaban J connectivity index is 2.21. The van der Waals surface area contributed by atoms with Crippen molar-refractivity contribution in [1.82, 2.24) is 15.5 Å². The van der Waals surface area contributed by atoms with E-state index in [9.17, 15) is 9.59 Å². The van der Waals surface area contributed by atoms with E-state index in [4.69, 9.17) is 4.74 Å². The van der Waals surface area contributed by atoms with Crippen molar-refractivity contribution >= 4 is 11.9 Å². The van der Waals surface area contributed by atoms with Crippen molar-refractivity contribution in [3.05, 3.63) is 35.9 Å². The molecule has 0 aliphatic carbocycles. The van der Waals surface area contributed by atoms with Crippen LogP contribution in [0.2, 0.25) is 0 Å². The summed E-state index contributed by atoms with van der Waals surface area (Å²) in [7, 11) is 0. The molecule has 0 saturated carbocycles. The normalized spacial score (nSPS) is 23.1. The molecule has 3 amide bonds. The number of carbonyl (C=O) groups is 2. The van der Waals surface area contributed by atoms with Gasteiger partial charge in [-0.2, -0.15) is 0 Å². The summed E-state index contributed by atoms with van der Waals surface area (Å²) >= 11 is 0. The predicted octanol–water partition coefficient (Wildman–Crippen LogP) is 1.68. The molecule has 1 heterocycles. The highest BCUT2D eigenvalue weighted by molar-refractivity contribution is 5.97. The van der Waals surface area contributed by atoms with Crippen molar-refractivity contribution in [3.63, 3.8) is 0 Å². The molecule has 0 unspecified atom stereocenters. The van der Waals surface area contributed by atoms with E-state index in [2.05, 4.69) is 15.5 Å². The molecular formula is C17H25N3O3. The van der Waals surface area contributed by atoms with Gasteiger partial charge in [-0.15, -0.1) is 0 Å². The number of ether oxygens (including phenoxy) is 1. The zero-order chi connectivity index (χ0) is 16.8. The molecule has 23 heavy (non-hydrogen) atoms. The van der Waals surface area contributed by atoms with E-state index in [0.717, 1.165) is 5.56 Å². The summed E-state index contributed by atoms with van der Waals surface area (Å²) in [4.78, 5) is 26.5. The number of nitrogens with one attached hydrogen (secondary N) is 2. The number of hydrogen-bond donors (Lipinski definition) is 2. The van der Waals surface area contributed by atoms with Crippen LogP contribution in [0.4, 0.5) is 4.79 Å². The smallest absolute Gasteiger partial charge is 0.321 e. The van der Waals surface area contributed by atoms with Crippen LogP contribution in [-0.2, 0) is 9.53 Å². The van der Waals surface area contributed by atoms with Crippen molar-refractivity contribution in [2.45, 2.75) is 39.0 Å². The number of nitrogens with zero attached hydrogens (tertiary/aromatic N) is 1. The standard InChI is InChI=1S/C17H25N3O3/c1-4-18-17(22)19-16(21)15(14-8-6-5-7-9-14)20-10-12(2)23-13(3)11-20/h5-9,12-13,15H,4,10-11H2,1-3H3,(H2,18,19,21,22)/t12-,13+,15-/m1/s1. The Labute approximate surface area is 137 Å². The first-order valence-electron chi connectivity index (χ1n) is 8.04. The van der Waals surface area contributed by atoms with E-state index in [-0.39, 0.29) is 18.1 Å². The Morgan fingerprint density at radius 1 is 1.22 bits per heavy atom. The molecule has 0 bridgehead atoms.